The third-order valence-corrected chi connectivity index (χ3v) is 0.734. The van der Waals surface area contributed by atoms with Crippen molar-refractivity contribution >= 4 is 5.69 Å². The lowest BCUT2D eigenvalue weighted by Gasteiger charge is -1.77. The Labute approximate surface area is 46.7 Å². The maximum Gasteiger partial charge on any atom is 0.286 e. The van der Waals surface area contributed by atoms with Crippen LogP contribution in [-0.4, -0.2) is 9.91 Å². The molecule has 1 rings (SSSR count). The van der Waals surface area contributed by atoms with E-state index in [2.05, 4.69) is 4.98 Å². The number of nitro groups is 1. The molecule has 0 radical (unpaired) electrons. The van der Waals surface area contributed by atoms with Gasteiger partial charge in [-0.1, -0.05) is 0 Å². The molecule has 0 aliphatic carbocycles. The lowest BCUT2D eigenvalue weighted by molar-refractivity contribution is -0.384. The van der Waals surface area contributed by atoms with E-state index in [4.69, 9.17) is 1.37 Å². The van der Waals surface area contributed by atoms with E-state index in [1.807, 2.05) is 0 Å². The molecule has 0 spiro atoms. The number of hydrogen-bond acceptors (Lipinski definition) is 2. The molecule has 0 bridgehead atoms. The predicted molar refractivity (Wildman–Crippen MR) is 27.4 cm³/mol. The number of nitrogens with one attached hydrogen (secondary N) is 1. The summed E-state index contributed by atoms with van der Waals surface area (Å²) >= 11 is 0. The minimum Gasteiger partial charge on any atom is -0.362 e. The van der Waals surface area contributed by atoms with Gasteiger partial charge in [-0.05, 0) is 0 Å². The fourth-order valence-electron chi connectivity index (χ4n) is 0.378. The zero-order valence-electron chi connectivity index (χ0n) is 4.92. The molecule has 1 heterocycles. The molecule has 4 nitrogen and oxygen atoms in total. The maximum atomic E-state index is 9.92. The van der Waals surface area contributed by atoms with E-state index >= 15 is 0 Å². The molecule has 0 fully saturated rings. The number of nitrogens with zero attached hydrogens (tertiary/aromatic N) is 1. The molecule has 0 atom stereocenters. The Hall–Kier alpha value is -1.32. The lowest BCUT2D eigenvalue weighted by Crippen LogP contribution is -1.82. The first-order valence-corrected chi connectivity index (χ1v) is 1.99. The summed E-state index contributed by atoms with van der Waals surface area (Å²) in [6, 6.07) is 1.15. The number of hydrogen-bond donors (Lipinski definition) is 1. The lowest BCUT2D eigenvalue weighted by atomic mass is 10.6. The van der Waals surface area contributed by atoms with E-state index in [1.54, 1.807) is 0 Å². The second-order valence-corrected chi connectivity index (χ2v) is 1.26. The van der Waals surface area contributed by atoms with Crippen LogP contribution >= 0.6 is 0 Å². The zero-order chi connectivity index (χ0) is 6.85. The molecule has 8 heavy (non-hydrogen) atoms. The van der Waals surface area contributed by atoms with Crippen molar-refractivity contribution in [1.29, 1.82) is 0 Å². The summed E-state index contributed by atoms with van der Waals surface area (Å²) in [5.41, 5.74) is -0.0694. The Morgan fingerprint density at radius 1 is 2.00 bits per heavy atom. The van der Waals surface area contributed by atoms with E-state index in [1.165, 1.54) is 6.20 Å². The van der Waals surface area contributed by atoms with E-state index in [9.17, 15) is 10.1 Å². The molecule has 1 aromatic heterocycles. The highest BCUT2D eigenvalue weighted by Crippen LogP contribution is 2.05. The average molecular weight is 113 g/mol. The van der Waals surface area contributed by atoms with Crippen LogP contribution < -0.4 is 0 Å². The number of rotatable bonds is 1. The van der Waals surface area contributed by atoms with Gasteiger partial charge in [-0.2, -0.15) is 0 Å². The van der Waals surface area contributed by atoms with Crippen molar-refractivity contribution in [3.05, 3.63) is 28.6 Å². The topological polar surface area (TPSA) is 58.9 Å². The van der Waals surface area contributed by atoms with Gasteiger partial charge in [0.2, 0.25) is 0 Å². The normalized spacial score (nSPS) is 10.8. The summed E-state index contributed by atoms with van der Waals surface area (Å²) in [4.78, 5) is 11.7. The van der Waals surface area contributed by atoms with Crippen molar-refractivity contribution in [3.63, 3.8) is 0 Å². The third kappa shape index (κ3) is 0.676. The fraction of sp³-hybridized carbons (Fsp3) is 0. The summed E-state index contributed by atoms with van der Waals surface area (Å²) in [5.74, 6) is 0. The summed E-state index contributed by atoms with van der Waals surface area (Å²) in [7, 11) is 0. The molecule has 0 amide bonds. The molecular weight excluding hydrogens is 108 g/mol. The second kappa shape index (κ2) is 1.65. The van der Waals surface area contributed by atoms with Gasteiger partial charge in [0.1, 0.15) is 0 Å². The van der Waals surface area contributed by atoms with Crippen LogP contribution in [0.4, 0.5) is 5.69 Å². The number of aromatic nitrogens is 1. The van der Waals surface area contributed by atoms with Gasteiger partial charge in [0, 0.05) is 12.2 Å². The van der Waals surface area contributed by atoms with Gasteiger partial charge in [-0.15, -0.1) is 0 Å². The van der Waals surface area contributed by atoms with Crippen molar-refractivity contribution in [2.75, 3.05) is 0 Å². The Morgan fingerprint density at radius 2 is 2.75 bits per heavy atom. The first kappa shape index (κ1) is 3.65. The van der Waals surface area contributed by atoms with Crippen LogP contribution in [-0.2, 0) is 0 Å². The SMILES string of the molecule is [2H]c1cc([N+](=O)[O-])c[nH]1. The van der Waals surface area contributed by atoms with Gasteiger partial charge in [-0.25, -0.2) is 0 Å². The molecular formula is C4H4N2O2. The zero-order valence-corrected chi connectivity index (χ0v) is 3.92. The van der Waals surface area contributed by atoms with E-state index < -0.39 is 4.92 Å². The highest BCUT2D eigenvalue weighted by molar-refractivity contribution is 5.23. The minimum absolute atomic E-state index is 0.0571. The number of H-pyrrole nitrogens is 1. The van der Waals surface area contributed by atoms with Crippen LogP contribution in [0.1, 0.15) is 1.37 Å². The molecule has 4 heteroatoms. The monoisotopic (exact) mass is 113 g/mol. The summed E-state index contributed by atoms with van der Waals surface area (Å²) in [6.07, 6.45) is 1.24. The Morgan fingerprint density at radius 3 is 3.00 bits per heavy atom. The quantitative estimate of drug-likeness (QED) is 0.435. The third-order valence-electron chi connectivity index (χ3n) is 0.734. The van der Waals surface area contributed by atoms with Crippen molar-refractivity contribution in [2.24, 2.45) is 0 Å². The van der Waals surface area contributed by atoms with Crippen molar-refractivity contribution in [3.8, 4) is 0 Å². The molecule has 1 aromatic rings. The minimum atomic E-state index is -0.547. The van der Waals surface area contributed by atoms with Crippen molar-refractivity contribution in [1.82, 2.24) is 4.98 Å². The van der Waals surface area contributed by atoms with Crippen LogP contribution in [0.5, 0.6) is 0 Å². The van der Waals surface area contributed by atoms with Crippen LogP contribution in [0.25, 0.3) is 0 Å². The molecule has 0 saturated carbocycles. The molecule has 0 aliphatic heterocycles. The summed E-state index contributed by atoms with van der Waals surface area (Å²) in [5, 5.41) is 9.92. The maximum absolute atomic E-state index is 9.92. The molecule has 0 unspecified atom stereocenters. The van der Waals surface area contributed by atoms with Crippen molar-refractivity contribution < 1.29 is 6.29 Å². The Kier molecular flexibility index (Phi) is 0.754. The standard InChI is InChI=1S/C4H4N2O2/c7-6(8)4-1-2-5-3-4/h1-3,5H/i2D. The van der Waals surface area contributed by atoms with E-state index in [0.717, 1.165) is 6.07 Å². The van der Waals surface area contributed by atoms with Gasteiger partial charge in [0.15, 0.2) is 0 Å². The van der Waals surface area contributed by atoms with Gasteiger partial charge in [-0.3, -0.25) is 10.1 Å². The average Bonchev–Trinajstić information content (AvgIpc) is 2.14. The predicted octanol–water partition coefficient (Wildman–Crippen LogP) is 0.923. The van der Waals surface area contributed by atoms with Gasteiger partial charge >= 0.3 is 0 Å². The van der Waals surface area contributed by atoms with Crippen LogP contribution in [0, 0.1) is 10.1 Å². The summed E-state index contributed by atoms with van der Waals surface area (Å²) < 4.78 is 6.85. The highest BCUT2D eigenvalue weighted by atomic mass is 16.6. The van der Waals surface area contributed by atoms with Crippen molar-refractivity contribution in [2.45, 2.75) is 0 Å². The number of aromatic amines is 1. The van der Waals surface area contributed by atoms with Gasteiger partial charge in [0.25, 0.3) is 5.69 Å². The Balaban J connectivity index is 2.98. The molecule has 0 aromatic carbocycles. The van der Waals surface area contributed by atoms with Crippen LogP contribution in [0.3, 0.4) is 0 Å². The smallest absolute Gasteiger partial charge is 0.286 e. The van der Waals surface area contributed by atoms with E-state index in [-0.39, 0.29) is 11.9 Å². The second-order valence-electron chi connectivity index (χ2n) is 1.26. The highest BCUT2D eigenvalue weighted by Gasteiger charge is 2.00. The van der Waals surface area contributed by atoms with Crippen LogP contribution in [0.2, 0.25) is 0 Å². The molecule has 0 aliphatic rings. The Bertz CT molecular complexity index is 232. The molecule has 42 valence electrons. The first-order chi connectivity index (χ1) is 4.20. The molecule has 1 N–H and O–H groups in total. The fourth-order valence-corrected chi connectivity index (χ4v) is 0.378. The summed E-state index contributed by atoms with van der Waals surface area (Å²) in [6.45, 7) is 0. The van der Waals surface area contributed by atoms with E-state index in [0.29, 0.717) is 0 Å². The molecule has 0 saturated heterocycles. The van der Waals surface area contributed by atoms with Crippen LogP contribution in [0.15, 0.2) is 18.4 Å². The first-order valence-electron chi connectivity index (χ1n) is 2.49. The van der Waals surface area contributed by atoms with Gasteiger partial charge in [0.05, 0.1) is 12.5 Å². The van der Waals surface area contributed by atoms with Gasteiger partial charge < -0.3 is 4.98 Å². The largest absolute Gasteiger partial charge is 0.362 e.